The summed E-state index contributed by atoms with van der Waals surface area (Å²) in [6.07, 6.45) is 4.11. The van der Waals surface area contributed by atoms with E-state index in [9.17, 15) is 4.79 Å². The molecule has 2 aromatic rings. The highest BCUT2D eigenvalue weighted by Crippen LogP contribution is 2.27. The average Bonchev–Trinajstić information content (AvgIpc) is 2.97. The number of para-hydroxylation sites is 2. The number of ether oxygens (including phenoxy) is 1. The van der Waals surface area contributed by atoms with Crippen molar-refractivity contribution in [2.45, 2.75) is 26.2 Å². The summed E-state index contributed by atoms with van der Waals surface area (Å²) in [6, 6.07) is 7.53. The Morgan fingerprint density at radius 1 is 1.48 bits per heavy atom. The van der Waals surface area contributed by atoms with Crippen molar-refractivity contribution < 1.29 is 9.53 Å². The first kappa shape index (κ1) is 13.7. The minimum absolute atomic E-state index is 0.0207. The number of nitrogens with one attached hydrogen (secondary N) is 2. The number of aryl methyl sites for hydroxylation is 1. The molecule has 0 bridgehead atoms. The van der Waals surface area contributed by atoms with Crippen LogP contribution in [0, 0.1) is 5.92 Å². The van der Waals surface area contributed by atoms with Crippen molar-refractivity contribution in [3.8, 4) is 5.75 Å². The summed E-state index contributed by atoms with van der Waals surface area (Å²) >= 11 is 0. The van der Waals surface area contributed by atoms with Crippen LogP contribution >= 0.6 is 0 Å². The highest BCUT2D eigenvalue weighted by molar-refractivity contribution is 5.94. The second-order valence-corrected chi connectivity index (χ2v) is 5.19. The number of nitrogens with zero attached hydrogens (tertiary/aromatic N) is 1. The van der Waals surface area contributed by atoms with Crippen LogP contribution in [0.2, 0.25) is 0 Å². The molecule has 1 amide bonds. The lowest BCUT2D eigenvalue weighted by molar-refractivity contribution is -0.120. The number of hydrogen-bond acceptors (Lipinski definition) is 3. The van der Waals surface area contributed by atoms with E-state index < -0.39 is 0 Å². The van der Waals surface area contributed by atoms with Crippen molar-refractivity contribution in [3.63, 3.8) is 0 Å². The first-order chi connectivity index (χ1) is 10.3. The van der Waals surface area contributed by atoms with Crippen LogP contribution in [0.5, 0.6) is 5.75 Å². The zero-order chi connectivity index (χ0) is 14.7. The van der Waals surface area contributed by atoms with Crippen LogP contribution in [-0.2, 0) is 17.6 Å². The number of aromatic nitrogens is 2. The Balaban J connectivity index is 1.70. The molecule has 1 aromatic carbocycles. The Kier molecular flexibility index (Phi) is 3.90. The lowest BCUT2D eigenvalue weighted by atomic mass is 9.89. The van der Waals surface area contributed by atoms with Crippen LogP contribution in [-0.4, -0.2) is 22.5 Å². The van der Waals surface area contributed by atoms with Gasteiger partial charge in [0.25, 0.3) is 0 Å². The molecule has 5 nitrogen and oxygen atoms in total. The number of benzene rings is 1. The largest absolute Gasteiger partial charge is 0.492 e. The highest BCUT2D eigenvalue weighted by Gasteiger charge is 2.26. The van der Waals surface area contributed by atoms with Gasteiger partial charge in [-0.25, -0.2) is 4.98 Å². The number of carbonyl (C=O) groups is 1. The molecule has 0 saturated carbocycles. The third-order valence-corrected chi connectivity index (χ3v) is 3.80. The number of hydrogen-bond donors (Lipinski definition) is 2. The number of fused-ring (bicyclic) bond motifs is 1. The second-order valence-electron chi connectivity index (χ2n) is 5.19. The Bertz CT molecular complexity index is 636. The monoisotopic (exact) mass is 285 g/mol. The van der Waals surface area contributed by atoms with Gasteiger partial charge in [0.15, 0.2) is 0 Å². The third kappa shape index (κ3) is 2.91. The molecule has 1 heterocycles. The molecule has 0 radical (unpaired) electrons. The van der Waals surface area contributed by atoms with Gasteiger partial charge in [-0.15, -0.1) is 0 Å². The Morgan fingerprint density at radius 2 is 2.33 bits per heavy atom. The van der Waals surface area contributed by atoms with E-state index in [-0.39, 0.29) is 11.8 Å². The van der Waals surface area contributed by atoms with Gasteiger partial charge in [0, 0.05) is 18.0 Å². The van der Waals surface area contributed by atoms with Crippen molar-refractivity contribution in [2.24, 2.45) is 5.92 Å². The van der Waals surface area contributed by atoms with Gasteiger partial charge in [0.1, 0.15) is 5.75 Å². The van der Waals surface area contributed by atoms with E-state index in [1.807, 2.05) is 31.2 Å². The number of carbonyl (C=O) groups excluding carboxylic acids is 1. The standard InChI is InChI=1S/C16H19N3O2/c1-2-21-15-6-4-3-5-13(15)19-16(20)11-7-8-12-14(9-11)18-10-17-12/h3-6,10-11H,2,7-9H2,1H3,(H,17,18)(H,19,20). The Morgan fingerprint density at radius 3 is 3.19 bits per heavy atom. The van der Waals surface area contributed by atoms with Crippen LogP contribution in [0.15, 0.2) is 30.6 Å². The SMILES string of the molecule is CCOc1ccccc1NC(=O)C1CCc2nc[nH]c2C1. The summed E-state index contributed by atoms with van der Waals surface area (Å²) in [6.45, 7) is 2.51. The first-order valence-electron chi connectivity index (χ1n) is 7.31. The summed E-state index contributed by atoms with van der Waals surface area (Å²) in [5, 5.41) is 2.99. The normalized spacial score (nSPS) is 17.1. The average molecular weight is 285 g/mol. The van der Waals surface area contributed by atoms with E-state index in [2.05, 4.69) is 15.3 Å². The van der Waals surface area contributed by atoms with Crippen molar-refractivity contribution in [1.29, 1.82) is 0 Å². The fourth-order valence-corrected chi connectivity index (χ4v) is 2.71. The molecule has 1 aliphatic carbocycles. The topological polar surface area (TPSA) is 67.0 Å². The van der Waals surface area contributed by atoms with Crippen molar-refractivity contribution in [3.05, 3.63) is 42.0 Å². The molecule has 0 aliphatic heterocycles. The van der Waals surface area contributed by atoms with Crippen LogP contribution in [0.3, 0.4) is 0 Å². The Hall–Kier alpha value is -2.30. The molecule has 1 unspecified atom stereocenters. The number of H-pyrrole nitrogens is 1. The maximum absolute atomic E-state index is 12.5. The molecule has 5 heteroatoms. The van der Waals surface area contributed by atoms with Gasteiger partial charge in [-0.3, -0.25) is 4.79 Å². The van der Waals surface area contributed by atoms with E-state index in [0.29, 0.717) is 12.4 Å². The fourth-order valence-electron chi connectivity index (χ4n) is 2.71. The van der Waals surface area contributed by atoms with Gasteiger partial charge in [-0.05, 0) is 31.9 Å². The number of imidazole rings is 1. The molecule has 1 aromatic heterocycles. The molecular formula is C16H19N3O2. The lowest BCUT2D eigenvalue weighted by Crippen LogP contribution is -2.28. The van der Waals surface area contributed by atoms with Gasteiger partial charge < -0.3 is 15.0 Å². The van der Waals surface area contributed by atoms with Gasteiger partial charge in [-0.1, -0.05) is 12.1 Å². The van der Waals surface area contributed by atoms with Gasteiger partial charge in [0.05, 0.1) is 24.3 Å². The highest BCUT2D eigenvalue weighted by atomic mass is 16.5. The molecular weight excluding hydrogens is 266 g/mol. The number of amides is 1. The summed E-state index contributed by atoms with van der Waals surface area (Å²) in [5.74, 6) is 0.737. The minimum Gasteiger partial charge on any atom is -0.492 e. The third-order valence-electron chi connectivity index (χ3n) is 3.80. The number of aromatic amines is 1. The van der Waals surface area contributed by atoms with E-state index in [1.54, 1.807) is 6.33 Å². The zero-order valence-electron chi connectivity index (χ0n) is 12.1. The molecule has 110 valence electrons. The molecule has 1 aliphatic rings. The van der Waals surface area contributed by atoms with Crippen LogP contribution in [0.25, 0.3) is 0 Å². The summed E-state index contributed by atoms with van der Waals surface area (Å²) in [5.41, 5.74) is 2.91. The molecule has 0 saturated heterocycles. The Labute approximate surface area is 123 Å². The minimum atomic E-state index is -0.0207. The van der Waals surface area contributed by atoms with E-state index in [0.717, 1.165) is 36.3 Å². The quantitative estimate of drug-likeness (QED) is 0.907. The predicted octanol–water partition coefficient (Wildman–Crippen LogP) is 2.55. The molecule has 2 N–H and O–H groups in total. The molecule has 21 heavy (non-hydrogen) atoms. The number of anilines is 1. The van der Waals surface area contributed by atoms with Gasteiger partial charge >= 0.3 is 0 Å². The lowest BCUT2D eigenvalue weighted by Gasteiger charge is -2.21. The molecule has 0 spiro atoms. The predicted molar refractivity (Wildman–Crippen MR) is 80.3 cm³/mol. The second kappa shape index (κ2) is 5.99. The zero-order valence-corrected chi connectivity index (χ0v) is 12.1. The van der Waals surface area contributed by atoms with Crippen molar-refractivity contribution in [1.82, 2.24) is 9.97 Å². The van der Waals surface area contributed by atoms with Gasteiger partial charge in [0.2, 0.25) is 5.91 Å². The molecule has 1 atom stereocenters. The van der Waals surface area contributed by atoms with Crippen LogP contribution in [0.4, 0.5) is 5.69 Å². The maximum Gasteiger partial charge on any atom is 0.227 e. The van der Waals surface area contributed by atoms with E-state index in [1.165, 1.54) is 0 Å². The summed E-state index contributed by atoms with van der Waals surface area (Å²) < 4.78 is 5.54. The smallest absolute Gasteiger partial charge is 0.227 e. The summed E-state index contributed by atoms with van der Waals surface area (Å²) in [4.78, 5) is 19.8. The van der Waals surface area contributed by atoms with Crippen molar-refractivity contribution in [2.75, 3.05) is 11.9 Å². The number of rotatable bonds is 4. The van der Waals surface area contributed by atoms with Gasteiger partial charge in [-0.2, -0.15) is 0 Å². The van der Waals surface area contributed by atoms with E-state index in [4.69, 9.17) is 4.74 Å². The molecule has 3 rings (SSSR count). The summed E-state index contributed by atoms with van der Waals surface area (Å²) in [7, 11) is 0. The van der Waals surface area contributed by atoms with E-state index >= 15 is 0 Å². The van der Waals surface area contributed by atoms with Crippen LogP contribution in [0.1, 0.15) is 24.7 Å². The van der Waals surface area contributed by atoms with Crippen LogP contribution < -0.4 is 10.1 Å². The molecule has 0 fully saturated rings. The van der Waals surface area contributed by atoms with Crippen molar-refractivity contribution >= 4 is 11.6 Å². The fraction of sp³-hybridized carbons (Fsp3) is 0.375. The first-order valence-corrected chi connectivity index (χ1v) is 7.31. The maximum atomic E-state index is 12.5.